The molecule has 0 spiro atoms. The third-order valence-electron chi connectivity index (χ3n) is 0. The molecule has 41 valence electrons. The van der Waals surface area contributed by atoms with Crippen LogP contribution in [0.1, 0.15) is 0 Å². The van der Waals surface area contributed by atoms with E-state index in [-0.39, 0.29) is 47.9 Å². The summed E-state index contributed by atoms with van der Waals surface area (Å²) in [4.78, 5) is 0. The first-order chi connectivity index (χ1) is 1.73. The first-order valence-electron chi connectivity index (χ1n) is 0.567. The average molecular weight is 346 g/mol. The number of halogens is 5. The van der Waals surface area contributed by atoms with Crippen molar-refractivity contribution in [2.75, 3.05) is 0 Å². The van der Waals surface area contributed by atoms with Crippen LogP contribution in [0, 0.1) is 29.9 Å². The summed E-state index contributed by atoms with van der Waals surface area (Å²) in [6.07, 6.45) is 0. The summed E-state index contributed by atoms with van der Waals surface area (Å²) in [5, 5.41) is 0. The van der Waals surface area contributed by atoms with Gasteiger partial charge in [0.2, 0.25) is 0 Å². The third-order valence-corrected chi connectivity index (χ3v) is 0. The van der Waals surface area contributed by atoms with Crippen molar-refractivity contribution in [2.24, 2.45) is 0 Å². The molecule has 0 bridgehead atoms. The molecule has 7 heavy (non-hydrogen) atoms. The first-order valence-corrected chi connectivity index (χ1v) is 12.6. The van der Waals surface area contributed by atoms with Crippen LogP contribution in [0.5, 0.6) is 0 Å². The minimum absolute atomic E-state index is 0. The Labute approximate surface area is 92.7 Å². The van der Waals surface area contributed by atoms with Gasteiger partial charge in [-0.25, -0.2) is 0 Å². The fraction of sp³-hybridized carbons (Fsp3) is 0. The van der Waals surface area contributed by atoms with Crippen molar-refractivity contribution in [3.05, 3.63) is 0 Å². The first kappa shape index (κ1) is 22.4. The molecule has 0 aromatic rings. The van der Waals surface area contributed by atoms with Gasteiger partial charge in [0.15, 0.2) is 0 Å². The molecule has 0 aliphatic rings. The Morgan fingerprint density at radius 3 is 0.857 bits per heavy atom. The zero-order valence-corrected chi connectivity index (χ0v) is 11.5. The second-order valence-corrected chi connectivity index (χ2v) is 14.3. The van der Waals surface area contributed by atoms with E-state index in [2.05, 4.69) is 0 Å². The van der Waals surface area contributed by atoms with Crippen LogP contribution < -0.4 is 24.8 Å². The number of rotatable bonds is 0. The van der Waals surface area contributed by atoms with Crippen molar-refractivity contribution >= 4 is 40.5 Å². The summed E-state index contributed by atoms with van der Waals surface area (Å²) in [5.74, 6) is 15.1. The Hall–Kier alpha value is 3.57. The summed E-state index contributed by atoms with van der Waals surface area (Å²) in [6, 6.07) is 0. The van der Waals surface area contributed by atoms with E-state index >= 15 is 0 Å². The van der Waals surface area contributed by atoms with Crippen LogP contribution in [0.15, 0.2) is 0 Å². The zero-order valence-electron chi connectivity index (χ0n) is 3.10. The minimum atomic E-state index is -2.24. The monoisotopic (exact) mass is 341 g/mol. The van der Waals surface area contributed by atoms with Crippen molar-refractivity contribution in [1.29, 1.82) is 0 Å². The summed E-state index contributed by atoms with van der Waals surface area (Å²) < 4.78 is 0. The van der Waals surface area contributed by atoms with Crippen molar-refractivity contribution in [1.82, 2.24) is 0 Å². The van der Waals surface area contributed by atoms with Crippen LogP contribution >= 0.6 is 17.4 Å². The van der Waals surface area contributed by atoms with E-state index in [1.807, 2.05) is 0 Å². The van der Waals surface area contributed by atoms with Crippen LogP contribution in [-0.2, 0) is 0 Å². The van der Waals surface area contributed by atoms with E-state index in [0.717, 1.165) is 0 Å². The van der Waals surface area contributed by atoms with Crippen molar-refractivity contribution in [3.8, 4) is 0 Å². The third kappa shape index (κ3) is 43.1. The van der Waals surface area contributed by atoms with Gasteiger partial charge in [-0.05, 0) is 0 Å². The largest absolute Gasteiger partial charge is 2.00 e. The van der Waals surface area contributed by atoms with Gasteiger partial charge in [0, 0.05) is 0 Å². The fourth-order valence-corrected chi connectivity index (χ4v) is 0. The Balaban J connectivity index is -0.0000000150. The molecule has 0 radical (unpaired) electrons. The van der Waals surface area contributed by atoms with Crippen LogP contribution in [0.2, 0.25) is 0 Å². The molecule has 7 heteroatoms. The van der Waals surface area contributed by atoms with Gasteiger partial charge >= 0.3 is 70.4 Å². The Morgan fingerprint density at radius 2 is 0.857 bits per heavy atom. The maximum Gasteiger partial charge on any atom is 2.00 e. The molecular weight excluding hydrogens is 346 g/mol. The predicted molar refractivity (Wildman–Crippen MR) is 23.3 cm³/mol. The Bertz CT molecular complexity index is 12.8. The van der Waals surface area contributed by atoms with Crippen LogP contribution in [0.4, 0.5) is 0 Å². The van der Waals surface area contributed by atoms with Gasteiger partial charge in [0.25, 0.3) is 0 Å². The van der Waals surface area contributed by atoms with Crippen LogP contribution in [0.25, 0.3) is 0 Å². The second-order valence-electron chi connectivity index (χ2n) is 0.214. The van der Waals surface area contributed by atoms with Crippen LogP contribution in [0.3, 0.4) is 0 Å². The summed E-state index contributed by atoms with van der Waals surface area (Å²) in [6.45, 7) is 0. The predicted octanol–water partition coefficient (Wildman–Crippen LogP) is -4.30. The summed E-state index contributed by atoms with van der Waals surface area (Å²) in [7, 11) is 0. The molecule has 0 nitrogen and oxygen atoms in total. The van der Waals surface area contributed by atoms with E-state index in [1.165, 1.54) is 0 Å². The molecule has 0 fully saturated rings. The minimum Gasteiger partial charge on any atom is 2.00 e. The van der Waals surface area contributed by atoms with Gasteiger partial charge in [0.05, 0.1) is 0 Å². The molecule has 0 aliphatic heterocycles. The fourth-order valence-electron chi connectivity index (χ4n) is 0. The van der Waals surface area contributed by atoms with Gasteiger partial charge in [-0.15, -0.1) is 0 Å². The normalized spacial score (nSPS) is 3.86. The van der Waals surface area contributed by atoms with Gasteiger partial charge in [-0.3, -0.25) is 0 Å². The molecule has 0 aliphatic carbocycles. The molecule has 0 amide bonds. The smallest absolute Gasteiger partial charge is 2.00 e. The quantitative estimate of drug-likeness (QED) is 0.390. The maximum atomic E-state index is 5.02. The van der Waals surface area contributed by atoms with Crippen LogP contribution in [-0.4, -0.2) is 23.1 Å². The molecule has 0 saturated heterocycles. The van der Waals surface area contributed by atoms with E-state index < -0.39 is 29.9 Å². The number of hydrogen-bond donors (Lipinski definition) is 0. The van der Waals surface area contributed by atoms with Crippen molar-refractivity contribution in [3.63, 3.8) is 0 Å². The van der Waals surface area contributed by atoms with E-state index in [9.17, 15) is 0 Å². The van der Waals surface area contributed by atoms with Gasteiger partial charge < -0.3 is 24.8 Å². The molecule has 0 saturated carbocycles. The molecule has 0 N–H and O–H groups in total. The van der Waals surface area contributed by atoms with Crippen molar-refractivity contribution < 1.29 is 54.7 Å². The van der Waals surface area contributed by atoms with E-state index in [0.29, 0.717) is 0 Å². The van der Waals surface area contributed by atoms with Crippen molar-refractivity contribution in [2.45, 2.75) is 0 Å². The summed E-state index contributed by atoms with van der Waals surface area (Å²) >= 11 is -2.24. The molecule has 0 aromatic heterocycles. The average Bonchev–Trinajstić information content (AvgIpc) is 0.811. The SMILES string of the molecule is [Cl-].[Cl-].[Cl][Nd]([Cl])[Cl].[Mg+2]. The van der Waals surface area contributed by atoms with Gasteiger partial charge in [-0.2, -0.15) is 0 Å². The molecule has 0 rings (SSSR count). The van der Waals surface area contributed by atoms with Gasteiger partial charge in [0.1, 0.15) is 0 Å². The maximum absolute atomic E-state index is 5.02. The molecule has 0 atom stereocenters. The standard InChI is InChI=1S/5ClH.Mg.Nd/h5*1H;;/q;;;;;+2;+3/p-5. The molecule has 0 heterocycles. The topological polar surface area (TPSA) is 0 Å². The molecule has 0 unspecified atom stereocenters. The van der Waals surface area contributed by atoms with Gasteiger partial charge in [-0.1, -0.05) is 0 Å². The molecule has 0 aromatic carbocycles. The van der Waals surface area contributed by atoms with E-state index in [1.54, 1.807) is 0 Å². The summed E-state index contributed by atoms with van der Waals surface area (Å²) in [5.41, 5.74) is 0. The Morgan fingerprint density at radius 1 is 0.857 bits per heavy atom. The Kier molecular flexibility index (Phi) is 52.2. The zero-order chi connectivity index (χ0) is 3.58. The number of hydrogen-bond acceptors (Lipinski definition) is 0. The molecular formula is Cl5MgNd. The second kappa shape index (κ2) is 16.3. The van der Waals surface area contributed by atoms with E-state index in [4.69, 9.17) is 17.4 Å².